The van der Waals surface area contributed by atoms with E-state index in [1.54, 1.807) is 22.8 Å². The van der Waals surface area contributed by atoms with Crippen LogP contribution in [0.2, 0.25) is 0 Å². The number of aromatic nitrogens is 5. The number of carbonyl (C=O) groups excluding carboxylic acids is 1. The number of aryl methyl sites for hydroxylation is 2. The first-order valence-corrected chi connectivity index (χ1v) is 10.6. The molecule has 0 aliphatic carbocycles. The summed E-state index contributed by atoms with van der Waals surface area (Å²) in [6.45, 7) is 5.31. The number of pyridine rings is 1. The van der Waals surface area contributed by atoms with Gasteiger partial charge in [-0.05, 0) is 47.0 Å². The minimum absolute atomic E-state index is 0.0516. The number of carbonyl (C=O) groups is 1. The molecule has 0 spiro atoms. The molecule has 4 aromatic rings. The van der Waals surface area contributed by atoms with Gasteiger partial charge in [0, 0.05) is 31.4 Å². The van der Waals surface area contributed by atoms with Gasteiger partial charge in [-0.15, -0.1) is 0 Å². The van der Waals surface area contributed by atoms with Crippen molar-refractivity contribution < 1.29 is 4.79 Å². The molecule has 7 nitrogen and oxygen atoms in total. The second-order valence-corrected chi connectivity index (χ2v) is 8.05. The molecule has 3 aromatic heterocycles. The Morgan fingerprint density at radius 3 is 2.63 bits per heavy atom. The quantitative estimate of drug-likeness (QED) is 0.429. The number of hydrogen-bond acceptors (Lipinski definition) is 4. The summed E-state index contributed by atoms with van der Waals surface area (Å²) in [4.78, 5) is 19.1. The SMILES string of the molecule is CCn1cc(Br)c(CN(C)C(=O)Cn2nc(C)c3c(-c4ccccc4)ccnc32)n1. The van der Waals surface area contributed by atoms with Gasteiger partial charge in [-0.3, -0.25) is 9.48 Å². The monoisotopic (exact) mass is 466 g/mol. The van der Waals surface area contributed by atoms with Crippen LogP contribution in [0.3, 0.4) is 0 Å². The summed E-state index contributed by atoms with van der Waals surface area (Å²) in [7, 11) is 1.78. The van der Waals surface area contributed by atoms with Crippen molar-refractivity contribution in [1.82, 2.24) is 29.4 Å². The molecule has 0 fully saturated rings. The second kappa shape index (κ2) is 8.39. The average Bonchev–Trinajstić information content (AvgIpc) is 3.28. The van der Waals surface area contributed by atoms with Crippen LogP contribution in [0.25, 0.3) is 22.2 Å². The van der Waals surface area contributed by atoms with E-state index in [1.165, 1.54) is 0 Å². The van der Waals surface area contributed by atoms with Crippen molar-refractivity contribution in [1.29, 1.82) is 0 Å². The molecule has 0 N–H and O–H groups in total. The van der Waals surface area contributed by atoms with E-state index >= 15 is 0 Å². The predicted molar refractivity (Wildman–Crippen MR) is 120 cm³/mol. The van der Waals surface area contributed by atoms with Crippen LogP contribution in [0.15, 0.2) is 53.3 Å². The Morgan fingerprint density at radius 1 is 1.17 bits per heavy atom. The summed E-state index contributed by atoms with van der Waals surface area (Å²) in [5.41, 5.74) is 4.58. The molecule has 0 unspecified atom stereocenters. The Kier molecular flexibility index (Phi) is 5.67. The van der Waals surface area contributed by atoms with Gasteiger partial charge < -0.3 is 4.90 Å². The second-order valence-electron chi connectivity index (χ2n) is 7.20. The fraction of sp³-hybridized carbons (Fsp3) is 0.273. The Labute approximate surface area is 183 Å². The van der Waals surface area contributed by atoms with Crippen LogP contribution in [-0.4, -0.2) is 42.4 Å². The van der Waals surface area contributed by atoms with Crippen molar-refractivity contribution in [3.63, 3.8) is 0 Å². The van der Waals surface area contributed by atoms with Gasteiger partial charge in [-0.2, -0.15) is 10.2 Å². The molecule has 3 heterocycles. The molecule has 0 radical (unpaired) electrons. The van der Waals surface area contributed by atoms with E-state index < -0.39 is 0 Å². The van der Waals surface area contributed by atoms with Gasteiger partial charge in [0.15, 0.2) is 5.65 Å². The summed E-state index contributed by atoms with van der Waals surface area (Å²) >= 11 is 3.52. The molecule has 30 heavy (non-hydrogen) atoms. The fourth-order valence-corrected chi connectivity index (χ4v) is 3.96. The van der Waals surface area contributed by atoms with Crippen LogP contribution < -0.4 is 0 Å². The van der Waals surface area contributed by atoms with Crippen molar-refractivity contribution in [3.8, 4) is 11.1 Å². The largest absolute Gasteiger partial charge is 0.338 e. The smallest absolute Gasteiger partial charge is 0.244 e. The van der Waals surface area contributed by atoms with Crippen molar-refractivity contribution in [3.05, 3.63) is 64.7 Å². The van der Waals surface area contributed by atoms with E-state index in [-0.39, 0.29) is 12.5 Å². The number of nitrogens with zero attached hydrogens (tertiary/aromatic N) is 6. The summed E-state index contributed by atoms with van der Waals surface area (Å²) in [6, 6.07) is 12.1. The number of rotatable bonds is 6. The Hall–Kier alpha value is -3.00. The van der Waals surface area contributed by atoms with Crippen LogP contribution in [0, 0.1) is 6.92 Å². The first-order chi connectivity index (χ1) is 14.5. The zero-order valence-corrected chi connectivity index (χ0v) is 18.8. The van der Waals surface area contributed by atoms with Gasteiger partial charge in [0.25, 0.3) is 0 Å². The predicted octanol–water partition coefficient (Wildman–Crippen LogP) is 4.04. The van der Waals surface area contributed by atoms with Gasteiger partial charge in [0.2, 0.25) is 5.91 Å². The molecular formula is C22H23BrN6O. The number of likely N-dealkylation sites (N-methyl/N-ethyl adjacent to an activating group) is 1. The zero-order valence-electron chi connectivity index (χ0n) is 17.2. The van der Waals surface area contributed by atoms with E-state index in [1.807, 2.05) is 49.0 Å². The molecule has 8 heteroatoms. The summed E-state index contributed by atoms with van der Waals surface area (Å²) < 4.78 is 4.44. The first-order valence-electron chi connectivity index (χ1n) is 9.81. The lowest BCUT2D eigenvalue weighted by Crippen LogP contribution is -2.30. The molecule has 0 aliphatic rings. The molecule has 0 saturated carbocycles. The summed E-state index contributed by atoms with van der Waals surface area (Å²) in [6.07, 6.45) is 3.69. The van der Waals surface area contributed by atoms with Crippen LogP contribution >= 0.6 is 15.9 Å². The Bertz CT molecular complexity index is 1200. The molecule has 0 bridgehead atoms. The van der Waals surface area contributed by atoms with E-state index in [9.17, 15) is 4.79 Å². The lowest BCUT2D eigenvalue weighted by molar-refractivity contribution is -0.131. The molecule has 154 valence electrons. The number of hydrogen-bond donors (Lipinski definition) is 0. The highest BCUT2D eigenvalue weighted by Gasteiger charge is 2.19. The highest BCUT2D eigenvalue weighted by atomic mass is 79.9. The number of halogens is 1. The van der Waals surface area contributed by atoms with E-state index in [4.69, 9.17) is 0 Å². The lowest BCUT2D eigenvalue weighted by Gasteiger charge is -2.16. The van der Waals surface area contributed by atoms with Gasteiger partial charge in [0.05, 0.1) is 22.4 Å². The van der Waals surface area contributed by atoms with Gasteiger partial charge in [-0.1, -0.05) is 30.3 Å². The van der Waals surface area contributed by atoms with Gasteiger partial charge in [0.1, 0.15) is 6.54 Å². The Morgan fingerprint density at radius 2 is 1.93 bits per heavy atom. The minimum Gasteiger partial charge on any atom is -0.338 e. The van der Waals surface area contributed by atoms with Crippen molar-refractivity contribution in [2.75, 3.05) is 7.05 Å². The van der Waals surface area contributed by atoms with E-state index in [0.717, 1.165) is 38.9 Å². The number of fused-ring (bicyclic) bond motifs is 1. The number of benzene rings is 1. The first kappa shape index (κ1) is 20.3. The molecule has 1 amide bonds. The van der Waals surface area contributed by atoms with Crippen LogP contribution in [0.5, 0.6) is 0 Å². The van der Waals surface area contributed by atoms with Crippen molar-refractivity contribution >= 4 is 32.9 Å². The third-order valence-electron chi connectivity index (χ3n) is 5.10. The molecule has 0 saturated heterocycles. The lowest BCUT2D eigenvalue weighted by atomic mass is 10.0. The molecule has 0 aliphatic heterocycles. The third kappa shape index (κ3) is 3.87. The maximum atomic E-state index is 12.9. The average molecular weight is 467 g/mol. The minimum atomic E-state index is -0.0516. The molecular weight excluding hydrogens is 444 g/mol. The van der Waals surface area contributed by atoms with E-state index in [2.05, 4.69) is 43.2 Å². The Balaban J connectivity index is 1.59. The molecule has 0 atom stereocenters. The highest BCUT2D eigenvalue weighted by molar-refractivity contribution is 9.10. The highest BCUT2D eigenvalue weighted by Crippen LogP contribution is 2.29. The molecule has 4 rings (SSSR count). The van der Waals surface area contributed by atoms with Crippen LogP contribution in [-0.2, 0) is 24.4 Å². The summed E-state index contributed by atoms with van der Waals surface area (Å²) in [5.74, 6) is -0.0516. The molecule has 1 aromatic carbocycles. The topological polar surface area (TPSA) is 68.8 Å². The number of amides is 1. The maximum Gasteiger partial charge on any atom is 0.244 e. The van der Waals surface area contributed by atoms with Crippen molar-refractivity contribution in [2.24, 2.45) is 0 Å². The zero-order chi connectivity index (χ0) is 21.3. The summed E-state index contributed by atoms with van der Waals surface area (Å²) in [5, 5.41) is 10.1. The van der Waals surface area contributed by atoms with Crippen molar-refractivity contribution in [2.45, 2.75) is 33.5 Å². The normalized spacial score (nSPS) is 11.2. The van der Waals surface area contributed by atoms with Crippen LogP contribution in [0.4, 0.5) is 0 Å². The maximum absolute atomic E-state index is 12.9. The van der Waals surface area contributed by atoms with Crippen LogP contribution in [0.1, 0.15) is 18.3 Å². The fourth-order valence-electron chi connectivity index (χ4n) is 3.52. The van der Waals surface area contributed by atoms with E-state index in [0.29, 0.717) is 12.2 Å². The standard InChI is InChI=1S/C22H23BrN6O/c1-4-28-12-18(23)19(26-28)13-27(3)20(30)14-29-22-21(15(2)25-29)17(10-11-24-22)16-8-6-5-7-9-16/h5-12H,4,13-14H2,1-3H3. The third-order valence-corrected chi connectivity index (χ3v) is 5.76. The van der Waals surface area contributed by atoms with Gasteiger partial charge in [-0.25, -0.2) is 9.67 Å². The van der Waals surface area contributed by atoms with Gasteiger partial charge >= 0.3 is 0 Å².